The van der Waals surface area contributed by atoms with Gasteiger partial charge in [0.1, 0.15) is 5.69 Å². The van der Waals surface area contributed by atoms with Gasteiger partial charge in [0.05, 0.1) is 21.8 Å². The summed E-state index contributed by atoms with van der Waals surface area (Å²) in [6.07, 6.45) is -1.68. The summed E-state index contributed by atoms with van der Waals surface area (Å²) in [6.45, 7) is 1.02. The number of Topliss-reactive ketones (excluding diaryl/α,β-unsaturated/α-hetero) is 1. The predicted octanol–water partition coefficient (Wildman–Crippen LogP) is 3.80. The molecule has 9 heteroatoms. The summed E-state index contributed by atoms with van der Waals surface area (Å²) in [5.74, 6) is -0.759. The standard InChI is InChI=1S/C11H6Cl2F3N3O/c1-5(20)6-2-18-19(10(6)11(14,15)16)9-7(12)3-17-4-8(9)13/h2-4H,1H3. The third-order valence-electron chi connectivity index (χ3n) is 2.46. The molecule has 0 amide bonds. The Kier molecular flexibility index (Phi) is 3.75. The van der Waals surface area contributed by atoms with Crippen molar-refractivity contribution in [2.75, 3.05) is 0 Å². The monoisotopic (exact) mass is 323 g/mol. The van der Waals surface area contributed by atoms with Crippen molar-refractivity contribution in [2.24, 2.45) is 0 Å². The second-order valence-corrected chi connectivity index (χ2v) is 4.64. The summed E-state index contributed by atoms with van der Waals surface area (Å²) in [5, 5.41) is 3.35. The van der Waals surface area contributed by atoms with Gasteiger partial charge in [-0.25, -0.2) is 4.68 Å². The van der Waals surface area contributed by atoms with Crippen LogP contribution in [0, 0.1) is 0 Å². The average Bonchev–Trinajstić information content (AvgIpc) is 2.73. The highest BCUT2D eigenvalue weighted by atomic mass is 35.5. The van der Waals surface area contributed by atoms with E-state index >= 15 is 0 Å². The van der Waals surface area contributed by atoms with Crippen molar-refractivity contribution in [1.29, 1.82) is 0 Å². The van der Waals surface area contributed by atoms with Crippen LogP contribution in [0.3, 0.4) is 0 Å². The number of ketones is 1. The number of alkyl halides is 3. The molecule has 0 aliphatic carbocycles. The fourth-order valence-corrected chi connectivity index (χ4v) is 2.18. The number of aromatic nitrogens is 3. The number of carbonyl (C=O) groups excluding carboxylic acids is 1. The van der Waals surface area contributed by atoms with Crippen LogP contribution in [0.5, 0.6) is 0 Å². The Labute approximate surface area is 121 Å². The number of carbonyl (C=O) groups is 1. The smallest absolute Gasteiger partial charge is 0.294 e. The molecular formula is C11H6Cl2F3N3O. The van der Waals surface area contributed by atoms with Crippen molar-refractivity contribution >= 4 is 29.0 Å². The van der Waals surface area contributed by atoms with Crippen molar-refractivity contribution < 1.29 is 18.0 Å². The van der Waals surface area contributed by atoms with Crippen molar-refractivity contribution in [3.63, 3.8) is 0 Å². The molecule has 0 radical (unpaired) electrons. The molecule has 0 fully saturated rings. The molecule has 0 saturated heterocycles. The first kappa shape index (κ1) is 14.8. The van der Waals surface area contributed by atoms with Crippen LogP contribution in [-0.4, -0.2) is 20.5 Å². The first-order valence-corrected chi connectivity index (χ1v) is 5.94. The van der Waals surface area contributed by atoms with Gasteiger partial charge in [-0.05, 0) is 6.92 Å². The minimum absolute atomic E-state index is 0.110. The topological polar surface area (TPSA) is 47.8 Å². The lowest BCUT2D eigenvalue weighted by atomic mass is 10.1. The van der Waals surface area contributed by atoms with Crippen LogP contribution in [0.2, 0.25) is 10.0 Å². The molecule has 0 saturated carbocycles. The number of pyridine rings is 1. The van der Waals surface area contributed by atoms with Crippen LogP contribution in [0.4, 0.5) is 13.2 Å². The Morgan fingerprint density at radius 2 is 1.75 bits per heavy atom. The van der Waals surface area contributed by atoms with Crippen LogP contribution >= 0.6 is 23.2 Å². The molecule has 2 aromatic heterocycles. The van der Waals surface area contributed by atoms with Crippen LogP contribution in [0.1, 0.15) is 23.0 Å². The molecule has 106 valence electrons. The number of nitrogens with zero attached hydrogens (tertiary/aromatic N) is 3. The Bertz CT molecular complexity index is 662. The molecule has 0 aliphatic rings. The van der Waals surface area contributed by atoms with Gasteiger partial charge in [-0.15, -0.1) is 0 Å². The van der Waals surface area contributed by atoms with Crippen LogP contribution in [-0.2, 0) is 6.18 Å². The lowest BCUT2D eigenvalue weighted by molar-refractivity contribution is -0.143. The van der Waals surface area contributed by atoms with Gasteiger partial charge in [0.2, 0.25) is 0 Å². The summed E-state index contributed by atoms with van der Waals surface area (Å²) >= 11 is 11.6. The molecule has 0 atom stereocenters. The molecule has 2 aromatic rings. The Hall–Kier alpha value is -1.60. The summed E-state index contributed by atoms with van der Waals surface area (Å²) in [7, 11) is 0. The summed E-state index contributed by atoms with van der Waals surface area (Å²) in [4.78, 5) is 14.9. The van der Waals surface area contributed by atoms with Gasteiger partial charge < -0.3 is 0 Å². The third-order valence-corrected chi connectivity index (χ3v) is 3.01. The van der Waals surface area contributed by atoms with Crippen LogP contribution in [0.15, 0.2) is 18.6 Å². The van der Waals surface area contributed by atoms with E-state index in [0.717, 1.165) is 25.5 Å². The Morgan fingerprint density at radius 3 is 2.20 bits per heavy atom. The molecule has 0 bridgehead atoms. The van der Waals surface area contributed by atoms with Gasteiger partial charge >= 0.3 is 6.18 Å². The molecule has 0 aromatic carbocycles. The molecule has 0 unspecified atom stereocenters. The van der Waals surface area contributed by atoms with Crippen molar-refractivity contribution in [3.05, 3.63) is 39.9 Å². The van der Waals surface area contributed by atoms with E-state index in [9.17, 15) is 18.0 Å². The normalized spacial score (nSPS) is 11.7. The molecule has 2 heterocycles. The highest BCUT2D eigenvalue weighted by Gasteiger charge is 2.40. The van der Waals surface area contributed by atoms with E-state index < -0.39 is 23.2 Å². The Morgan fingerprint density at radius 1 is 1.20 bits per heavy atom. The largest absolute Gasteiger partial charge is 0.434 e. The minimum Gasteiger partial charge on any atom is -0.294 e. The minimum atomic E-state index is -4.78. The SMILES string of the molecule is CC(=O)c1cnn(-c2c(Cl)cncc2Cl)c1C(F)(F)F. The summed E-state index contributed by atoms with van der Waals surface area (Å²) in [6, 6.07) is 0. The zero-order chi connectivity index (χ0) is 15.1. The maximum Gasteiger partial charge on any atom is 0.434 e. The molecular weight excluding hydrogens is 318 g/mol. The van der Waals surface area contributed by atoms with Crippen molar-refractivity contribution in [1.82, 2.24) is 14.8 Å². The predicted molar refractivity (Wildman–Crippen MR) is 66.4 cm³/mol. The number of rotatable bonds is 2. The first-order valence-electron chi connectivity index (χ1n) is 5.19. The van der Waals surface area contributed by atoms with E-state index in [-0.39, 0.29) is 15.7 Å². The highest BCUT2D eigenvalue weighted by Crippen LogP contribution is 2.37. The first-order chi connectivity index (χ1) is 9.23. The fourth-order valence-electron chi connectivity index (χ4n) is 1.66. The summed E-state index contributed by atoms with van der Waals surface area (Å²) in [5.41, 5.74) is -1.95. The maximum atomic E-state index is 13.1. The molecule has 0 N–H and O–H groups in total. The van der Waals surface area contributed by atoms with Crippen LogP contribution < -0.4 is 0 Å². The van der Waals surface area contributed by atoms with Gasteiger partial charge in [0.25, 0.3) is 0 Å². The van der Waals surface area contributed by atoms with Gasteiger partial charge in [0.15, 0.2) is 11.5 Å². The lowest BCUT2D eigenvalue weighted by Crippen LogP contribution is -2.17. The van der Waals surface area contributed by atoms with E-state index in [1.165, 1.54) is 0 Å². The fraction of sp³-hybridized carbons (Fsp3) is 0.182. The van der Waals surface area contributed by atoms with Gasteiger partial charge in [-0.2, -0.15) is 18.3 Å². The average molecular weight is 324 g/mol. The second kappa shape index (κ2) is 5.06. The zero-order valence-corrected chi connectivity index (χ0v) is 11.4. The third kappa shape index (κ3) is 2.51. The molecule has 4 nitrogen and oxygen atoms in total. The van der Waals surface area contributed by atoms with E-state index in [2.05, 4.69) is 10.1 Å². The number of hydrogen-bond acceptors (Lipinski definition) is 3. The highest BCUT2D eigenvalue weighted by molar-refractivity contribution is 6.37. The van der Waals surface area contributed by atoms with Crippen molar-refractivity contribution in [3.8, 4) is 5.69 Å². The summed E-state index contributed by atoms with van der Waals surface area (Å²) < 4.78 is 39.9. The quantitative estimate of drug-likeness (QED) is 0.790. The molecule has 20 heavy (non-hydrogen) atoms. The molecule has 0 spiro atoms. The van der Waals surface area contributed by atoms with Gasteiger partial charge in [0, 0.05) is 12.4 Å². The van der Waals surface area contributed by atoms with Crippen molar-refractivity contribution in [2.45, 2.75) is 13.1 Å². The molecule has 0 aliphatic heterocycles. The van der Waals surface area contributed by atoms with E-state index in [1.54, 1.807) is 0 Å². The number of hydrogen-bond donors (Lipinski definition) is 0. The lowest BCUT2D eigenvalue weighted by Gasteiger charge is -2.13. The zero-order valence-electron chi connectivity index (χ0n) is 9.87. The number of halogens is 5. The Balaban J connectivity index is 2.80. The molecule has 2 rings (SSSR count). The van der Waals surface area contributed by atoms with Gasteiger partial charge in [-0.3, -0.25) is 9.78 Å². The maximum absolute atomic E-state index is 13.1. The van der Waals surface area contributed by atoms with E-state index in [0.29, 0.717) is 4.68 Å². The second-order valence-electron chi connectivity index (χ2n) is 3.82. The van der Waals surface area contributed by atoms with Gasteiger partial charge in [-0.1, -0.05) is 23.2 Å². The van der Waals surface area contributed by atoms with E-state index in [4.69, 9.17) is 23.2 Å². The van der Waals surface area contributed by atoms with Crippen LogP contribution in [0.25, 0.3) is 5.69 Å². The van der Waals surface area contributed by atoms with E-state index in [1.807, 2.05) is 0 Å².